The highest BCUT2D eigenvalue weighted by atomic mass is 16.5. The predicted molar refractivity (Wildman–Crippen MR) is 65.8 cm³/mol. The van der Waals surface area contributed by atoms with Gasteiger partial charge < -0.3 is 14.9 Å². The summed E-state index contributed by atoms with van der Waals surface area (Å²) >= 11 is 0. The molecular weight excluding hydrogens is 232 g/mol. The van der Waals surface area contributed by atoms with Crippen LogP contribution in [-0.2, 0) is 11.2 Å². The van der Waals surface area contributed by atoms with Crippen molar-refractivity contribution in [3.63, 3.8) is 0 Å². The summed E-state index contributed by atoms with van der Waals surface area (Å²) in [6.07, 6.45) is 6.85. The summed E-state index contributed by atoms with van der Waals surface area (Å²) in [5, 5.41) is 15.9. The number of aliphatic hydroxyl groups excluding tert-OH is 1. The van der Waals surface area contributed by atoms with Gasteiger partial charge in [0.1, 0.15) is 5.76 Å². The Morgan fingerprint density at radius 1 is 1.50 bits per heavy atom. The number of nitrogens with one attached hydrogen (secondary N) is 1. The lowest BCUT2D eigenvalue weighted by molar-refractivity contribution is -0.121. The molecule has 1 aromatic rings. The third kappa shape index (κ3) is 3.32. The first-order valence-corrected chi connectivity index (χ1v) is 6.51. The van der Waals surface area contributed by atoms with E-state index in [0.29, 0.717) is 19.4 Å². The first kappa shape index (κ1) is 13.1. The van der Waals surface area contributed by atoms with Gasteiger partial charge in [0.15, 0.2) is 0 Å². The Hall–Kier alpha value is -1.36. The molecule has 0 saturated heterocycles. The fraction of sp³-hybridized carbons (Fsp3) is 0.692. The summed E-state index contributed by atoms with van der Waals surface area (Å²) in [5.41, 5.74) is -0.0815. The molecule has 2 rings (SSSR count). The van der Waals surface area contributed by atoms with Gasteiger partial charge in [-0.2, -0.15) is 0 Å². The Morgan fingerprint density at radius 3 is 2.89 bits per heavy atom. The minimum Gasteiger partial charge on any atom is -0.396 e. The topological polar surface area (TPSA) is 75.4 Å². The zero-order valence-electron chi connectivity index (χ0n) is 10.5. The van der Waals surface area contributed by atoms with Crippen molar-refractivity contribution >= 4 is 5.91 Å². The lowest BCUT2D eigenvalue weighted by atomic mass is 9.87. The SMILES string of the molecule is O=C(CCc1ccno1)NCC1(CO)CCCC1. The summed E-state index contributed by atoms with van der Waals surface area (Å²) in [6.45, 7) is 0.744. The maximum atomic E-state index is 11.7. The molecule has 1 saturated carbocycles. The van der Waals surface area contributed by atoms with E-state index < -0.39 is 0 Å². The van der Waals surface area contributed by atoms with Gasteiger partial charge in [-0.05, 0) is 12.8 Å². The molecule has 0 radical (unpaired) electrons. The average molecular weight is 252 g/mol. The van der Waals surface area contributed by atoms with Crippen LogP contribution in [0.3, 0.4) is 0 Å². The Morgan fingerprint density at radius 2 is 2.28 bits per heavy atom. The van der Waals surface area contributed by atoms with Crippen molar-refractivity contribution < 1.29 is 14.4 Å². The van der Waals surface area contributed by atoms with E-state index in [2.05, 4.69) is 10.5 Å². The normalized spacial score (nSPS) is 17.8. The summed E-state index contributed by atoms with van der Waals surface area (Å²) in [6, 6.07) is 1.76. The van der Waals surface area contributed by atoms with E-state index >= 15 is 0 Å². The molecular formula is C13H20N2O3. The quantitative estimate of drug-likeness (QED) is 0.799. The lowest BCUT2D eigenvalue weighted by Gasteiger charge is -2.26. The van der Waals surface area contributed by atoms with E-state index in [1.807, 2.05) is 0 Å². The fourth-order valence-corrected chi connectivity index (χ4v) is 2.50. The predicted octanol–water partition coefficient (Wildman–Crippen LogP) is 1.28. The van der Waals surface area contributed by atoms with Crippen molar-refractivity contribution in [2.45, 2.75) is 38.5 Å². The van der Waals surface area contributed by atoms with Gasteiger partial charge in [0.05, 0.1) is 12.8 Å². The summed E-state index contributed by atoms with van der Waals surface area (Å²) in [4.78, 5) is 11.7. The van der Waals surface area contributed by atoms with Crippen molar-refractivity contribution in [1.29, 1.82) is 0 Å². The molecule has 5 nitrogen and oxygen atoms in total. The van der Waals surface area contributed by atoms with Crippen LogP contribution in [-0.4, -0.2) is 29.3 Å². The molecule has 1 aliphatic carbocycles. The van der Waals surface area contributed by atoms with Crippen LogP contribution in [0, 0.1) is 5.41 Å². The fourth-order valence-electron chi connectivity index (χ4n) is 2.50. The van der Waals surface area contributed by atoms with Crippen molar-refractivity contribution in [2.24, 2.45) is 5.41 Å². The number of aromatic nitrogens is 1. The molecule has 1 heterocycles. The number of carbonyl (C=O) groups excluding carboxylic acids is 1. The van der Waals surface area contributed by atoms with Crippen LogP contribution < -0.4 is 5.32 Å². The van der Waals surface area contributed by atoms with Gasteiger partial charge in [-0.15, -0.1) is 0 Å². The minimum absolute atomic E-state index is 0.00567. The molecule has 1 fully saturated rings. The molecule has 0 aliphatic heterocycles. The molecule has 0 spiro atoms. The van der Waals surface area contributed by atoms with Gasteiger partial charge in [-0.25, -0.2) is 0 Å². The number of hydrogen-bond donors (Lipinski definition) is 2. The van der Waals surface area contributed by atoms with Crippen molar-refractivity contribution in [1.82, 2.24) is 10.5 Å². The molecule has 0 unspecified atom stereocenters. The Labute approximate surface area is 107 Å². The molecule has 2 N–H and O–H groups in total. The Balaban J connectivity index is 1.71. The molecule has 100 valence electrons. The largest absolute Gasteiger partial charge is 0.396 e. The summed E-state index contributed by atoms with van der Waals surface area (Å²) in [5.74, 6) is 0.731. The van der Waals surface area contributed by atoms with Gasteiger partial charge in [-0.3, -0.25) is 4.79 Å². The van der Waals surface area contributed by atoms with E-state index in [1.165, 1.54) is 0 Å². The van der Waals surface area contributed by atoms with Gasteiger partial charge in [0.25, 0.3) is 0 Å². The maximum Gasteiger partial charge on any atom is 0.220 e. The molecule has 5 heteroatoms. The van der Waals surface area contributed by atoms with E-state index in [0.717, 1.165) is 31.4 Å². The second kappa shape index (κ2) is 6.00. The first-order valence-electron chi connectivity index (χ1n) is 6.51. The van der Waals surface area contributed by atoms with Crippen LogP contribution in [0.25, 0.3) is 0 Å². The zero-order valence-corrected chi connectivity index (χ0v) is 10.5. The van der Waals surface area contributed by atoms with E-state index in [-0.39, 0.29) is 17.9 Å². The first-order chi connectivity index (χ1) is 8.74. The molecule has 1 aromatic heterocycles. The number of rotatable bonds is 6. The highest BCUT2D eigenvalue weighted by Gasteiger charge is 2.33. The standard InChI is InChI=1S/C13H20N2O3/c16-10-13(6-1-2-7-13)9-14-12(17)4-3-11-5-8-15-18-11/h5,8,16H,1-4,6-7,9-10H2,(H,14,17). The van der Waals surface area contributed by atoms with Crippen LogP contribution in [0.4, 0.5) is 0 Å². The zero-order chi connectivity index (χ0) is 12.8. The monoisotopic (exact) mass is 252 g/mol. The number of hydrogen-bond acceptors (Lipinski definition) is 4. The van der Waals surface area contributed by atoms with E-state index in [9.17, 15) is 9.90 Å². The van der Waals surface area contributed by atoms with Gasteiger partial charge in [0, 0.05) is 30.9 Å². The molecule has 0 aromatic carbocycles. The summed E-state index contributed by atoms with van der Waals surface area (Å²) in [7, 11) is 0. The smallest absolute Gasteiger partial charge is 0.220 e. The van der Waals surface area contributed by atoms with Crippen molar-refractivity contribution in [2.75, 3.05) is 13.2 Å². The number of carbonyl (C=O) groups is 1. The number of nitrogens with zero attached hydrogens (tertiary/aromatic N) is 1. The van der Waals surface area contributed by atoms with Crippen LogP contribution >= 0.6 is 0 Å². The van der Waals surface area contributed by atoms with Gasteiger partial charge >= 0.3 is 0 Å². The maximum absolute atomic E-state index is 11.7. The molecule has 0 atom stereocenters. The van der Waals surface area contributed by atoms with Crippen molar-refractivity contribution in [3.8, 4) is 0 Å². The second-order valence-corrected chi connectivity index (χ2v) is 5.12. The second-order valence-electron chi connectivity index (χ2n) is 5.12. The number of aliphatic hydroxyl groups is 1. The third-order valence-electron chi connectivity index (χ3n) is 3.75. The third-order valence-corrected chi connectivity index (χ3v) is 3.75. The number of aryl methyl sites for hydroxylation is 1. The van der Waals surface area contributed by atoms with Crippen LogP contribution in [0.1, 0.15) is 37.9 Å². The van der Waals surface area contributed by atoms with Crippen molar-refractivity contribution in [3.05, 3.63) is 18.0 Å². The Bertz CT molecular complexity index is 370. The van der Waals surface area contributed by atoms with E-state index in [1.54, 1.807) is 12.3 Å². The summed E-state index contributed by atoms with van der Waals surface area (Å²) < 4.78 is 4.93. The van der Waals surface area contributed by atoms with Gasteiger partial charge in [-0.1, -0.05) is 18.0 Å². The number of amides is 1. The van der Waals surface area contributed by atoms with Gasteiger partial charge in [0.2, 0.25) is 5.91 Å². The lowest BCUT2D eigenvalue weighted by Crippen LogP contribution is -2.38. The highest BCUT2D eigenvalue weighted by Crippen LogP contribution is 2.36. The average Bonchev–Trinajstić information content (AvgIpc) is 3.06. The van der Waals surface area contributed by atoms with E-state index in [4.69, 9.17) is 4.52 Å². The van der Waals surface area contributed by atoms with Crippen LogP contribution in [0.2, 0.25) is 0 Å². The molecule has 18 heavy (non-hydrogen) atoms. The molecule has 0 bridgehead atoms. The minimum atomic E-state index is -0.0815. The van der Waals surface area contributed by atoms with Crippen LogP contribution in [0.15, 0.2) is 16.8 Å². The highest BCUT2D eigenvalue weighted by molar-refractivity contribution is 5.76. The molecule has 1 amide bonds. The van der Waals surface area contributed by atoms with Crippen LogP contribution in [0.5, 0.6) is 0 Å². The Kier molecular flexibility index (Phi) is 4.36. The molecule has 1 aliphatic rings.